The Morgan fingerprint density at radius 1 is 1.08 bits per heavy atom. The van der Waals surface area contributed by atoms with Gasteiger partial charge in [0.1, 0.15) is 5.75 Å². The van der Waals surface area contributed by atoms with E-state index in [2.05, 4.69) is 4.72 Å². The molecule has 3 rings (SSSR count). The maximum Gasteiger partial charge on any atom is 0.261 e. The minimum atomic E-state index is -3.66. The average molecular weight is 366 g/mol. The predicted octanol–water partition coefficient (Wildman–Crippen LogP) is 4.77. The molecule has 2 aromatic carbocycles. The van der Waals surface area contributed by atoms with Gasteiger partial charge in [0.15, 0.2) is 0 Å². The summed E-state index contributed by atoms with van der Waals surface area (Å²) in [6, 6.07) is 11.7. The number of sulfonamides is 1. The van der Waals surface area contributed by atoms with Crippen molar-refractivity contribution in [2.75, 3.05) is 4.72 Å². The van der Waals surface area contributed by atoms with Gasteiger partial charge < -0.3 is 4.74 Å². The fourth-order valence-corrected chi connectivity index (χ4v) is 4.12. The molecule has 0 unspecified atom stereocenters. The van der Waals surface area contributed by atoms with E-state index in [1.54, 1.807) is 49.4 Å². The highest BCUT2D eigenvalue weighted by atomic mass is 35.5. The van der Waals surface area contributed by atoms with Crippen molar-refractivity contribution in [2.24, 2.45) is 0 Å². The lowest BCUT2D eigenvalue weighted by Crippen LogP contribution is -2.14. The van der Waals surface area contributed by atoms with Crippen LogP contribution in [0.4, 0.5) is 5.69 Å². The average Bonchev–Trinajstić information content (AvgIpc) is 3.05. The first-order chi connectivity index (χ1) is 11.5. The van der Waals surface area contributed by atoms with E-state index in [4.69, 9.17) is 16.3 Å². The maximum absolute atomic E-state index is 12.5. The van der Waals surface area contributed by atoms with Gasteiger partial charge >= 0.3 is 0 Å². The van der Waals surface area contributed by atoms with E-state index >= 15 is 0 Å². The van der Waals surface area contributed by atoms with Crippen LogP contribution in [0.5, 0.6) is 5.75 Å². The summed E-state index contributed by atoms with van der Waals surface area (Å²) in [6.07, 6.45) is 4.77. The molecule has 6 heteroatoms. The molecule has 128 valence electrons. The fraction of sp³-hybridized carbons (Fsp3) is 0.333. The third-order valence-corrected chi connectivity index (χ3v) is 6.04. The van der Waals surface area contributed by atoms with E-state index in [9.17, 15) is 8.42 Å². The molecule has 0 spiro atoms. The van der Waals surface area contributed by atoms with E-state index in [1.165, 1.54) is 12.8 Å². The molecule has 0 saturated heterocycles. The number of anilines is 1. The van der Waals surface area contributed by atoms with Crippen molar-refractivity contribution < 1.29 is 13.2 Å². The van der Waals surface area contributed by atoms with Crippen molar-refractivity contribution in [1.29, 1.82) is 0 Å². The summed E-state index contributed by atoms with van der Waals surface area (Å²) < 4.78 is 33.5. The van der Waals surface area contributed by atoms with Gasteiger partial charge in [-0.1, -0.05) is 17.7 Å². The van der Waals surface area contributed by atoms with Gasteiger partial charge in [-0.3, -0.25) is 4.72 Å². The number of ether oxygens (including phenoxy) is 1. The molecule has 0 atom stereocenters. The molecule has 0 aromatic heterocycles. The van der Waals surface area contributed by atoms with Crippen LogP contribution in [-0.2, 0) is 10.0 Å². The Kier molecular flexibility index (Phi) is 5.01. The van der Waals surface area contributed by atoms with Gasteiger partial charge in [0.05, 0.1) is 16.7 Å². The molecule has 1 N–H and O–H groups in total. The van der Waals surface area contributed by atoms with E-state index in [0.717, 1.165) is 12.8 Å². The molecule has 1 saturated carbocycles. The van der Waals surface area contributed by atoms with Crippen LogP contribution in [0.25, 0.3) is 0 Å². The lowest BCUT2D eigenvalue weighted by Gasteiger charge is -2.14. The zero-order chi connectivity index (χ0) is 17.2. The van der Waals surface area contributed by atoms with Crippen molar-refractivity contribution in [3.63, 3.8) is 0 Å². The Balaban J connectivity index is 1.75. The van der Waals surface area contributed by atoms with E-state index in [1.807, 2.05) is 0 Å². The monoisotopic (exact) mass is 365 g/mol. The fourth-order valence-electron chi connectivity index (χ4n) is 2.82. The molecule has 1 aliphatic rings. The second kappa shape index (κ2) is 7.03. The summed E-state index contributed by atoms with van der Waals surface area (Å²) in [5.41, 5.74) is 1.18. The Labute approximate surface area is 147 Å². The molecule has 24 heavy (non-hydrogen) atoms. The van der Waals surface area contributed by atoms with Gasteiger partial charge in [-0.15, -0.1) is 0 Å². The Morgan fingerprint density at radius 2 is 1.75 bits per heavy atom. The van der Waals surface area contributed by atoms with Crippen molar-refractivity contribution in [1.82, 2.24) is 0 Å². The number of halogens is 1. The quantitative estimate of drug-likeness (QED) is 0.830. The maximum atomic E-state index is 12.5. The van der Waals surface area contributed by atoms with Crippen LogP contribution in [-0.4, -0.2) is 14.5 Å². The number of hydrogen-bond acceptors (Lipinski definition) is 3. The van der Waals surface area contributed by atoms with Crippen molar-refractivity contribution in [2.45, 2.75) is 43.6 Å². The summed E-state index contributed by atoms with van der Waals surface area (Å²) in [4.78, 5) is 0.195. The topological polar surface area (TPSA) is 55.4 Å². The summed E-state index contributed by atoms with van der Waals surface area (Å²) in [7, 11) is -3.66. The third kappa shape index (κ3) is 3.84. The van der Waals surface area contributed by atoms with Crippen LogP contribution in [0.1, 0.15) is 31.2 Å². The van der Waals surface area contributed by atoms with Gasteiger partial charge in [0.25, 0.3) is 10.0 Å². The highest BCUT2D eigenvalue weighted by molar-refractivity contribution is 7.92. The van der Waals surface area contributed by atoms with Gasteiger partial charge in [0, 0.05) is 5.02 Å². The predicted molar refractivity (Wildman–Crippen MR) is 96.3 cm³/mol. The van der Waals surface area contributed by atoms with Crippen molar-refractivity contribution in [3.8, 4) is 5.75 Å². The molecular weight excluding hydrogens is 346 g/mol. The van der Waals surface area contributed by atoms with Crippen LogP contribution >= 0.6 is 11.6 Å². The molecule has 1 aliphatic carbocycles. The normalized spacial score (nSPS) is 15.4. The first-order valence-corrected chi connectivity index (χ1v) is 9.86. The summed E-state index contributed by atoms with van der Waals surface area (Å²) in [5.74, 6) is 0.708. The van der Waals surface area contributed by atoms with Crippen LogP contribution in [0, 0.1) is 6.92 Å². The van der Waals surface area contributed by atoms with Crippen LogP contribution in [0.2, 0.25) is 5.02 Å². The third-order valence-electron chi connectivity index (χ3n) is 4.25. The van der Waals surface area contributed by atoms with Gasteiger partial charge in [-0.2, -0.15) is 0 Å². The number of benzene rings is 2. The zero-order valence-electron chi connectivity index (χ0n) is 13.5. The molecular formula is C18H20ClNO3S. The standard InChI is InChI=1S/C18H20ClNO3S/c1-13-17(19)7-4-8-18(13)20-24(21,22)16-11-9-15(10-12-16)23-14-5-2-3-6-14/h4,7-12,14,20H,2-3,5-6H2,1H3. The molecule has 0 heterocycles. The van der Waals surface area contributed by atoms with Crippen molar-refractivity contribution >= 4 is 27.3 Å². The van der Waals surface area contributed by atoms with Crippen molar-refractivity contribution in [3.05, 3.63) is 53.1 Å². The lowest BCUT2D eigenvalue weighted by atomic mass is 10.2. The zero-order valence-corrected chi connectivity index (χ0v) is 15.0. The van der Waals surface area contributed by atoms with E-state index in [0.29, 0.717) is 22.0 Å². The van der Waals surface area contributed by atoms with Crippen LogP contribution in [0.15, 0.2) is 47.4 Å². The van der Waals surface area contributed by atoms with Gasteiger partial charge in [0.2, 0.25) is 0 Å². The minimum Gasteiger partial charge on any atom is -0.490 e. The van der Waals surface area contributed by atoms with E-state index in [-0.39, 0.29) is 11.0 Å². The molecule has 0 bridgehead atoms. The summed E-state index contributed by atoms with van der Waals surface area (Å²) in [5, 5.41) is 0.524. The first-order valence-electron chi connectivity index (χ1n) is 8.00. The summed E-state index contributed by atoms with van der Waals surface area (Å²) >= 11 is 6.04. The summed E-state index contributed by atoms with van der Waals surface area (Å²) in [6.45, 7) is 1.78. The molecule has 0 aliphatic heterocycles. The molecule has 2 aromatic rings. The minimum absolute atomic E-state index is 0.195. The number of nitrogens with one attached hydrogen (secondary N) is 1. The second-order valence-corrected chi connectivity index (χ2v) is 8.10. The molecule has 0 amide bonds. The Hall–Kier alpha value is -1.72. The van der Waals surface area contributed by atoms with Crippen LogP contribution < -0.4 is 9.46 Å². The van der Waals surface area contributed by atoms with Crippen LogP contribution in [0.3, 0.4) is 0 Å². The smallest absolute Gasteiger partial charge is 0.261 e. The second-order valence-electron chi connectivity index (χ2n) is 6.01. The first kappa shape index (κ1) is 17.1. The van der Waals surface area contributed by atoms with E-state index < -0.39 is 10.0 Å². The Morgan fingerprint density at radius 3 is 2.42 bits per heavy atom. The molecule has 4 nitrogen and oxygen atoms in total. The number of hydrogen-bond donors (Lipinski definition) is 1. The number of rotatable bonds is 5. The lowest BCUT2D eigenvalue weighted by molar-refractivity contribution is 0.210. The van der Waals surface area contributed by atoms with Gasteiger partial charge in [-0.25, -0.2) is 8.42 Å². The highest BCUT2D eigenvalue weighted by Gasteiger charge is 2.18. The molecule has 0 radical (unpaired) electrons. The highest BCUT2D eigenvalue weighted by Crippen LogP contribution is 2.27. The molecule has 1 fully saturated rings. The largest absolute Gasteiger partial charge is 0.490 e. The SMILES string of the molecule is Cc1c(Cl)cccc1NS(=O)(=O)c1ccc(OC2CCCC2)cc1. The Bertz CT molecular complexity index is 813. The van der Waals surface area contributed by atoms with Gasteiger partial charge in [-0.05, 0) is 74.6 Å².